The second kappa shape index (κ2) is 7.20. The quantitative estimate of drug-likeness (QED) is 0.790. The molecule has 104 valence electrons. The van der Waals surface area contributed by atoms with E-state index in [1.54, 1.807) is 4.90 Å². The summed E-state index contributed by atoms with van der Waals surface area (Å²) in [6.07, 6.45) is 1.94. The van der Waals surface area contributed by atoms with Gasteiger partial charge in [0.25, 0.3) is 0 Å². The molecule has 2 atom stereocenters. The monoisotopic (exact) mass is 258 g/mol. The Labute approximate surface area is 107 Å². The van der Waals surface area contributed by atoms with Crippen LogP contribution < -0.4 is 5.32 Å². The van der Waals surface area contributed by atoms with Crippen LogP contribution >= 0.6 is 0 Å². The number of nitrogens with zero attached hydrogens (tertiary/aromatic N) is 1. The highest BCUT2D eigenvalue weighted by atomic mass is 16.5. The smallest absolute Gasteiger partial charge is 0.326 e. The van der Waals surface area contributed by atoms with E-state index < -0.39 is 12.0 Å². The molecule has 0 bridgehead atoms. The highest BCUT2D eigenvalue weighted by molar-refractivity contribution is 5.82. The third kappa shape index (κ3) is 4.52. The zero-order valence-electron chi connectivity index (χ0n) is 11.0. The molecule has 1 fully saturated rings. The highest BCUT2D eigenvalue weighted by Crippen LogP contribution is 2.06. The average molecular weight is 258 g/mol. The number of aliphatic carboxylic acids is 1. The van der Waals surface area contributed by atoms with Crippen LogP contribution in [0.3, 0.4) is 0 Å². The van der Waals surface area contributed by atoms with Crippen molar-refractivity contribution in [3.63, 3.8) is 0 Å². The Morgan fingerprint density at radius 1 is 1.56 bits per heavy atom. The summed E-state index contributed by atoms with van der Waals surface area (Å²) < 4.78 is 5.45. The van der Waals surface area contributed by atoms with Gasteiger partial charge in [-0.1, -0.05) is 13.3 Å². The number of ether oxygens (including phenoxy) is 1. The third-order valence-electron chi connectivity index (χ3n) is 2.91. The summed E-state index contributed by atoms with van der Waals surface area (Å²) in [6, 6.07) is -1.12. The minimum Gasteiger partial charge on any atom is -0.480 e. The molecule has 0 spiro atoms. The molecule has 0 aromatic heterocycles. The Morgan fingerprint density at radius 2 is 2.28 bits per heavy atom. The van der Waals surface area contributed by atoms with Crippen molar-refractivity contribution in [2.45, 2.75) is 45.3 Å². The lowest BCUT2D eigenvalue weighted by molar-refractivity contribution is -0.139. The number of nitrogens with one attached hydrogen (secondary N) is 1. The Hall–Kier alpha value is -1.30. The third-order valence-corrected chi connectivity index (χ3v) is 2.91. The Morgan fingerprint density at radius 3 is 2.89 bits per heavy atom. The maximum Gasteiger partial charge on any atom is 0.326 e. The summed E-state index contributed by atoms with van der Waals surface area (Å²) >= 11 is 0. The summed E-state index contributed by atoms with van der Waals surface area (Å²) in [5, 5.41) is 11.6. The summed E-state index contributed by atoms with van der Waals surface area (Å²) in [5.74, 6) is -0.982. The van der Waals surface area contributed by atoms with E-state index in [1.165, 1.54) is 0 Å². The number of hydrogen-bond donors (Lipinski definition) is 2. The molecular formula is C12H22N2O4. The van der Waals surface area contributed by atoms with E-state index in [2.05, 4.69) is 5.32 Å². The fourth-order valence-electron chi connectivity index (χ4n) is 1.97. The zero-order valence-corrected chi connectivity index (χ0v) is 11.0. The van der Waals surface area contributed by atoms with Crippen LogP contribution in [0.4, 0.5) is 4.79 Å². The van der Waals surface area contributed by atoms with E-state index in [0.29, 0.717) is 26.1 Å². The van der Waals surface area contributed by atoms with E-state index in [0.717, 1.165) is 12.8 Å². The standard InChI is InChI=1S/C12H22N2O4/c1-3-5-10(11(15)16)13-12(17)14-6-4-7-18-9(2)8-14/h9-10H,3-8H2,1-2H3,(H,13,17)(H,15,16)/t9?,10-/m0/s1. The molecule has 0 saturated carbocycles. The number of amides is 2. The largest absolute Gasteiger partial charge is 0.480 e. The van der Waals surface area contributed by atoms with Crippen LogP contribution in [0, 0.1) is 0 Å². The van der Waals surface area contributed by atoms with Crippen molar-refractivity contribution >= 4 is 12.0 Å². The number of carbonyl (C=O) groups is 2. The van der Waals surface area contributed by atoms with Gasteiger partial charge in [0.05, 0.1) is 6.10 Å². The molecule has 1 saturated heterocycles. The van der Waals surface area contributed by atoms with Crippen LogP contribution in [-0.4, -0.2) is 53.8 Å². The molecular weight excluding hydrogens is 236 g/mol. The predicted molar refractivity (Wildman–Crippen MR) is 66.5 cm³/mol. The topological polar surface area (TPSA) is 78.9 Å². The van der Waals surface area contributed by atoms with Gasteiger partial charge >= 0.3 is 12.0 Å². The fraction of sp³-hybridized carbons (Fsp3) is 0.833. The molecule has 2 N–H and O–H groups in total. The Balaban J connectivity index is 2.53. The van der Waals surface area contributed by atoms with Gasteiger partial charge in [0.15, 0.2) is 0 Å². The van der Waals surface area contributed by atoms with Crippen LogP contribution in [0.1, 0.15) is 33.1 Å². The minimum absolute atomic E-state index is 0.00676. The SMILES string of the molecule is CCC[C@H](NC(=O)N1CCCOC(C)C1)C(=O)O. The first-order chi connectivity index (χ1) is 8.54. The summed E-state index contributed by atoms with van der Waals surface area (Å²) in [7, 11) is 0. The van der Waals surface area contributed by atoms with Gasteiger partial charge < -0.3 is 20.1 Å². The van der Waals surface area contributed by atoms with Crippen molar-refractivity contribution in [2.24, 2.45) is 0 Å². The molecule has 0 radical (unpaired) electrons. The number of urea groups is 1. The molecule has 18 heavy (non-hydrogen) atoms. The van der Waals surface area contributed by atoms with Gasteiger partial charge in [-0.3, -0.25) is 0 Å². The van der Waals surface area contributed by atoms with Crippen LogP contribution in [0.2, 0.25) is 0 Å². The van der Waals surface area contributed by atoms with Gasteiger partial charge in [-0.25, -0.2) is 9.59 Å². The number of carboxylic acids is 1. The van der Waals surface area contributed by atoms with Crippen molar-refractivity contribution in [1.29, 1.82) is 0 Å². The molecule has 1 aliphatic rings. The first-order valence-corrected chi connectivity index (χ1v) is 6.44. The number of rotatable bonds is 4. The van der Waals surface area contributed by atoms with E-state index in [-0.39, 0.29) is 12.1 Å². The number of hydrogen-bond acceptors (Lipinski definition) is 3. The maximum atomic E-state index is 12.0. The first-order valence-electron chi connectivity index (χ1n) is 6.44. The summed E-state index contributed by atoms with van der Waals surface area (Å²) in [5.41, 5.74) is 0. The van der Waals surface area contributed by atoms with E-state index in [4.69, 9.17) is 9.84 Å². The minimum atomic E-state index is -0.982. The molecule has 1 unspecified atom stereocenters. The molecule has 1 rings (SSSR count). The lowest BCUT2D eigenvalue weighted by Crippen LogP contribution is -2.49. The second-order valence-electron chi connectivity index (χ2n) is 4.61. The molecule has 2 amide bonds. The van der Waals surface area contributed by atoms with Crippen LogP contribution in [0.25, 0.3) is 0 Å². The lowest BCUT2D eigenvalue weighted by atomic mass is 10.2. The highest BCUT2D eigenvalue weighted by Gasteiger charge is 2.24. The normalized spacial score (nSPS) is 22.1. The van der Waals surface area contributed by atoms with Crippen molar-refractivity contribution in [3.8, 4) is 0 Å². The van der Waals surface area contributed by atoms with E-state index in [9.17, 15) is 9.59 Å². The summed E-state index contributed by atoms with van der Waals surface area (Å²) in [4.78, 5) is 24.6. The van der Waals surface area contributed by atoms with Gasteiger partial charge in [0.1, 0.15) is 6.04 Å². The van der Waals surface area contributed by atoms with Crippen LogP contribution in [0.15, 0.2) is 0 Å². The number of carbonyl (C=O) groups excluding carboxylic acids is 1. The van der Waals surface area contributed by atoms with Crippen LogP contribution in [-0.2, 0) is 9.53 Å². The fourth-order valence-corrected chi connectivity index (χ4v) is 1.97. The van der Waals surface area contributed by atoms with Crippen molar-refractivity contribution in [3.05, 3.63) is 0 Å². The average Bonchev–Trinajstić information content (AvgIpc) is 2.53. The summed E-state index contributed by atoms with van der Waals surface area (Å²) in [6.45, 7) is 5.55. The molecule has 6 heteroatoms. The van der Waals surface area contributed by atoms with Crippen molar-refractivity contribution in [1.82, 2.24) is 10.2 Å². The van der Waals surface area contributed by atoms with Gasteiger partial charge in [-0.15, -0.1) is 0 Å². The molecule has 1 heterocycles. The van der Waals surface area contributed by atoms with E-state index >= 15 is 0 Å². The first kappa shape index (κ1) is 14.8. The van der Waals surface area contributed by atoms with Gasteiger partial charge in [-0.2, -0.15) is 0 Å². The van der Waals surface area contributed by atoms with Crippen molar-refractivity contribution < 1.29 is 19.4 Å². The van der Waals surface area contributed by atoms with Gasteiger partial charge in [0, 0.05) is 19.7 Å². The Bertz CT molecular complexity index is 296. The number of carboxylic acid groups (broad SMARTS) is 1. The van der Waals surface area contributed by atoms with Gasteiger partial charge in [0.2, 0.25) is 0 Å². The molecule has 0 aromatic rings. The van der Waals surface area contributed by atoms with Crippen molar-refractivity contribution in [2.75, 3.05) is 19.7 Å². The van der Waals surface area contributed by atoms with Crippen LogP contribution in [0.5, 0.6) is 0 Å². The molecule has 6 nitrogen and oxygen atoms in total. The Kier molecular flexibility index (Phi) is 5.91. The lowest BCUT2D eigenvalue weighted by Gasteiger charge is -2.24. The molecule has 1 aliphatic heterocycles. The predicted octanol–water partition coefficient (Wildman–Crippen LogP) is 1.06. The maximum absolute atomic E-state index is 12.0. The zero-order chi connectivity index (χ0) is 13.5. The second-order valence-corrected chi connectivity index (χ2v) is 4.61. The molecule has 0 aliphatic carbocycles. The molecule has 0 aromatic carbocycles. The van der Waals surface area contributed by atoms with Gasteiger partial charge in [-0.05, 0) is 19.8 Å². The van der Waals surface area contributed by atoms with E-state index in [1.807, 2.05) is 13.8 Å².